The second kappa shape index (κ2) is 8.31. The normalized spacial score (nSPS) is 16.2. The lowest BCUT2D eigenvalue weighted by atomic mass is 10.0. The summed E-state index contributed by atoms with van der Waals surface area (Å²) in [5.74, 6) is 0.482. The number of amides is 1. The van der Waals surface area contributed by atoms with Crippen molar-refractivity contribution in [1.82, 2.24) is 15.1 Å². The van der Waals surface area contributed by atoms with Crippen molar-refractivity contribution in [3.8, 4) is 5.75 Å². The number of hydrogen-bond donors (Lipinski definition) is 1. The molecule has 1 aliphatic rings. The van der Waals surface area contributed by atoms with Crippen LogP contribution >= 0.6 is 11.6 Å². The number of carbonyl (C=O) groups excluding carboxylic acids is 1. The minimum atomic E-state index is -0.692. The van der Waals surface area contributed by atoms with Crippen LogP contribution in [0, 0.1) is 5.82 Å². The largest absolute Gasteiger partial charge is 0.479 e. The van der Waals surface area contributed by atoms with Crippen LogP contribution in [0.5, 0.6) is 5.75 Å². The molecule has 0 saturated carbocycles. The van der Waals surface area contributed by atoms with Crippen molar-refractivity contribution in [2.75, 3.05) is 18.4 Å². The van der Waals surface area contributed by atoms with Crippen molar-refractivity contribution in [2.45, 2.75) is 31.9 Å². The summed E-state index contributed by atoms with van der Waals surface area (Å²) in [7, 11) is 0. The van der Waals surface area contributed by atoms with Gasteiger partial charge in [0.2, 0.25) is 0 Å². The fourth-order valence-corrected chi connectivity index (χ4v) is 3.11. The maximum Gasteiger partial charge on any atom is 0.263 e. The Hall–Kier alpha value is -2.41. The lowest BCUT2D eigenvalue weighted by molar-refractivity contribution is -0.138. The van der Waals surface area contributed by atoms with E-state index in [1.54, 1.807) is 18.0 Å². The first-order valence-electron chi connectivity index (χ1n) is 8.47. The maximum atomic E-state index is 13.1. The standard InChI is InChI=1S/C18H20ClFN4O2/c1-12(26-16-5-4-13(20)11-15(16)19)18(25)24-9-6-14(7-10-24)22-17-3-2-8-21-23-17/h2-5,8,11-12,14H,6-7,9-10H2,1H3,(H,22,23). The van der Waals surface area contributed by atoms with Crippen LogP contribution in [-0.4, -0.2) is 46.2 Å². The molecule has 1 saturated heterocycles. The fourth-order valence-electron chi connectivity index (χ4n) is 2.90. The predicted molar refractivity (Wildman–Crippen MR) is 96.8 cm³/mol. The Bertz CT molecular complexity index is 754. The summed E-state index contributed by atoms with van der Waals surface area (Å²) in [6, 6.07) is 7.79. The van der Waals surface area contributed by atoms with Crippen molar-refractivity contribution in [3.63, 3.8) is 0 Å². The van der Waals surface area contributed by atoms with Gasteiger partial charge in [-0.25, -0.2) is 4.39 Å². The van der Waals surface area contributed by atoms with E-state index in [2.05, 4.69) is 15.5 Å². The third-order valence-electron chi connectivity index (χ3n) is 4.28. The van der Waals surface area contributed by atoms with Crippen molar-refractivity contribution in [2.24, 2.45) is 0 Å². The van der Waals surface area contributed by atoms with Crippen LogP contribution in [0.4, 0.5) is 10.2 Å². The van der Waals surface area contributed by atoms with Gasteiger partial charge in [0.1, 0.15) is 17.4 Å². The first-order valence-corrected chi connectivity index (χ1v) is 8.85. The van der Waals surface area contributed by atoms with E-state index in [1.807, 2.05) is 12.1 Å². The molecular weight excluding hydrogens is 359 g/mol. The predicted octanol–water partition coefficient (Wildman–Crippen LogP) is 3.14. The molecule has 0 radical (unpaired) electrons. The van der Waals surface area contributed by atoms with Crippen LogP contribution in [0.1, 0.15) is 19.8 Å². The van der Waals surface area contributed by atoms with Crippen molar-refractivity contribution < 1.29 is 13.9 Å². The van der Waals surface area contributed by atoms with Crippen LogP contribution in [0.15, 0.2) is 36.5 Å². The Kier molecular flexibility index (Phi) is 5.88. The molecule has 2 heterocycles. The highest BCUT2D eigenvalue weighted by atomic mass is 35.5. The van der Waals surface area contributed by atoms with Gasteiger partial charge in [0.15, 0.2) is 6.10 Å². The molecule has 1 aromatic carbocycles. The van der Waals surface area contributed by atoms with Crippen LogP contribution in [0.2, 0.25) is 5.02 Å². The summed E-state index contributed by atoms with van der Waals surface area (Å²) in [5, 5.41) is 11.3. The molecular formula is C18H20ClFN4O2. The lowest BCUT2D eigenvalue weighted by Gasteiger charge is -2.34. The molecule has 0 aliphatic carbocycles. The second-order valence-corrected chi connectivity index (χ2v) is 6.59. The number of nitrogens with zero attached hydrogens (tertiary/aromatic N) is 3. The van der Waals surface area contributed by atoms with Crippen LogP contribution in [0.25, 0.3) is 0 Å². The second-order valence-electron chi connectivity index (χ2n) is 6.19. The van der Waals surface area contributed by atoms with Gasteiger partial charge in [0.05, 0.1) is 5.02 Å². The summed E-state index contributed by atoms with van der Waals surface area (Å²) in [6.45, 7) is 2.93. The minimum Gasteiger partial charge on any atom is -0.479 e. The van der Waals surface area contributed by atoms with Crippen molar-refractivity contribution in [1.29, 1.82) is 0 Å². The maximum absolute atomic E-state index is 13.1. The van der Waals surface area contributed by atoms with E-state index < -0.39 is 11.9 Å². The Morgan fingerprint density at radius 1 is 1.38 bits per heavy atom. The Morgan fingerprint density at radius 2 is 2.15 bits per heavy atom. The number of carbonyl (C=O) groups is 1. The Balaban J connectivity index is 1.51. The third kappa shape index (κ3) is 4.60. The van der Waals surface area contributed by atoms with E-state index in [0.717, 1.165) is 24.7 Å². The first-order chi connectivity index (χ1) is 12.5. The van der Waals surface area contributed by atoms with E-state index in [-0.39, 0.29) is 17.0 Å². The number of hydrogen-bond acceptors (Lipinski definition) is 5. The van der Waals surface area contributed by atoms with Gasteiger partial charge in [-0.2, -0.15) is 5.10 Å². The van der Waals surface area contributed by atoms with Crippen LogP contribution < -0.4 is 10.1 Å². The topological polar surface area (TPSA) is 67.3 Å². The zero-order chi connectivity index (χ0) is 18.5. The van der Waals surface area contributed by atoms with Crippen molar-refractivity contribution in [3.05, 3.63) is 47.4 Å². The summed E-state index contributed by atoms with van der Waals surface area (Å²) in [5.41, 5.74) is 0. The van der Waals surface area contributed by atoms with Gasteiger partial charge in [0, 0.05) is 25.3 Å². The van der Waals surface area contributed by atoms with E-state index in [0.29, 0.717) is 18.8 Å². The summed E-state index contributed by atoms with van der Waals surface area (Å²) in [4.78, 5) is 14.4. The van der Waals surface area contributed by atoms with Crippen LogP contribution in [-0.2, 0) is 4.79 Å². The zero-order valence-electron chi connectivity index (χ0n) is 14.4. The van der Waals surface area contributed by atoms with E-state index in [9.17, 15) is 9.18 Å². The lowest BCUT2D eigenvalue weighted by Crippen LogP contribution is -2.47. The molecule has 0 bridgehead atoms. The number of rotatable bonds is 5. The molecule has 138 valence electrons. The number of aromatic nitrogens is 2. The number of benzene rings is 1. The van der Waals surface area contributed by atoms with Crippen molar-refractivity contribution >= 4 is 23.3 Å². The van der Waals surface area contributed by atoms with Gasteiger partial charge >= 0.3 is 0 Å². The van der Waals surface area contributed by atoms with Gasteiger partial charge in [-0.1, -0.05) is 11.6 Å². The molecule has 6 nitrogen and oxygen atoms in total. The van der Waals surface area contributed by atoms with Gasteiger partial charge in [0.25, 0.3) is 5.91 Å². The third-order valence-corrected chi connectivity index (χ3v) is 4.57. The average molecular weight is 379 g/mol. The van der Waals surface area contributed by atoms with Gasteiger partial charge in [-0.15, -0.1) is 5.10 Å². The molecule has 26 heavy (non-hydrogen) atoms. The molecule has 8 heteroatoms. The molecule has 0 spiro atoms. The quantitative estimate of drug-likeness (QED) is 0.865. The number of likely N-dealkylation sites (tertiary alicyclic amines) is 1. The molecule has 1 unspecified atom stereocenters. The molecule has 3 rings (SSSR count). The SMILES string of the molecule is CC(Oc1ccc(F)cc1Cl)C(=O)N1CCC(Nc2cccnn2)CC1. The molecule has 1 aliphatic heterocycles. The average Bonchev–Trinajstić information content (AvgIpc) is 2.65. The highest BCUT2D eigenvalue weighted by molar-refractivity contribution is 6.32. The van der Waals surface area contributed by atoms with E-state index >= 15 is 0 Å². The number of ether oxygens (including phenoxy) is 1. The monoisotopic (exact) mass is 378 g/mol. The summed E-state index contributed by atoms with van der Waals surface area (Å²) >= 11 is 5.95. The highest BCUT2D eigenvalue weighted by Crippen LogP contribution is 2.26. The Labute approximate surface area is 156 Å². The van der Waals surface area contributed by atoms with Gasteiger partial charge in [-0.3, -0.25) is 4.79 Å². The molecule has 1 N–H and O–H groups in total. The molecule has 2 aromatic rings. The van der Waals surface area contributed by atoms with Crippen LogP contribution in [0.3, 0.4) is 0 Å². The van der Waals surface area contributed by atoms with Gasteiger partial charge < -0.3 is 15.0 Å². The number of nitrogens with one attached hydrogen (secondary N) is 1. The first kappa shape index (κ1) is 18.4. The summed E-state index contributed by atoms with van der Waals surface area (Å²) in [6.07, 6.45) is 2.56. The summed E-state index contributed by atoms with van der Waals surface area (Å²) < 4.78 is 18.7. The number of halogens is 2. The molecule has 1 amide bonds. The van der Waals surface area contributed by atoms with E-state index in [4.69, 9.17) is 16.3 Å². The Morgan fingerprint density at radius 3 is 2.81 bits per heavy atom. The zero-order valence-corrected chi connectivity index (χ0v) is 15.1. The molecule has 1 aromatic heterocycles. The highest BCUT2D eigenvalue weighted by Gasteiger charge is 2.27. The smallest absolute Gasteiger partial charge is 0.263 e. The number of anilines is 1. The molecule has 1 fully saturated rings. The minimum absolute atomic E-state index is 0.108. The number of piperidine rings is 1. The molecule has 1 atom stereocenters. The fraction of sp³-hybridized carbons (Fsp3) is 0.389. The van der Waals surface area contributed by atoms with Gasteiger partial charge in [-0.05, 0) is 50.1 Å². The van der Waals surface area contributed by atoms with E-state index in [1.165, 1.54) is 12.1 Å².